The molecular formula is C21H19F4NO2. The highest BCUT2D eigenvalue weighted by Crippen LogP contribution is 2.50. The van der Waals surface area contributed by atoms with Crippen LogP contribution < -0.4 is 0 Å². The molecule has 148 valence electrons. The highest BCUT2D eigenvalue weighted by atomic mass is 19.4. The minimum atomic E-state index is -4.39. The standard InChI is InChI=1S/C21H19F4NO2/c22-17-7-5-15(6-8-17)20(9-10-20)19(27)26-11-12-28-18(13-26)14-1-3-16(4-2-14)21(23,24)25/h1-8,18H,9-13H2/t18-/m0/s1. The van der Waals surface area contributed by atoms with Crippen molar-refractivity contribution < 1.29 is 27.1 Å². The topological polar surface area (TPSA) is 29.5 Å². The summed E-state index contributed by atoms with van der Waals surface area (Å²) in [5.74, 6) is -0.375. The number of hydrogen-bond donors (Lipinski definition) is 0. The zero-order valence-electron chi connectivity index (χ0n) is 15.0. The molecule has 28 heavy (non-hydrogen) atoms. The lowest BCUT2D eigenvalue weighted by atomic mass is 9.93. The number of morpholine rings is 1. The average Bonchev–Trinajstić information content (AvgIpc) is 3.49. The Kier molecular flexibility index (Phi) is 4.65. The van der Waals surface area contributed by atoms with Gasteiger partial charge in [-0.25, -0.2) is 4.39 Å². The molecule has 0 N–H and O–H groups in total. The van der Waals surface area contributed by atoms with Gasteiger partial charge in [0.2, 0.25) is 5.91 Å². The second kappa shape index (κ2) is 6.88. The summed E-state index contributed by atoms with van der Waals surface area (Å²) in [7, 11) is 0. The molecule has 2 fully saturated rings. The maximum atomic E-state index is 13.2. The Labute approximate surface area is 159 Å². The van der Waals surface area contributed by atoms with Crippen LogP contribution in [0.4, 0.5) is 17.6 Å². The quantitative estimate of drug-likeness (QED) is 0.720. The molecule has 4 rings (SSSR count). The van der Waals surface area contributed by atoms with E-state index in [0.29, 0.717) is 31.6 Å². The predicted molar refractivity (Wildman–Crippen MR) is 94.0 cm³/mol. The maximum absolute atomic E-state index is 13.2. The lowest BCUT2D eigenvalue weighted by molar-refractivity contribution is -0.141. The van der Waals surface area contributed by atoms with Crippen LogP contribution >= 0.6 is 0 Å². The Morgan fingerprint density at radius 3 is 2.25 bits per heavy atom. The molecule has 2 aromatic rings. The van der Waals surface area contributed by atoms with Crippen molar-refractivity contribution >= 4 is 5.91 Å². The molecular weight excluding hydrogens is 374 g/mol. The van der Waals surface area contributed by atoms with Crippen molar-refractivity contribution in [3.63, 3.8) is 0 Å². The van der Waals surface area contributed by atoms with Gasteiger partial charge in [0.1, 0.15) is 11.9 Å². The molecule has 1 saturated carbocycles. The molecule has 0 aromatic heterocycles. The number of nitrogens with zero attached hydrogens (tertiary/aromatic N) is 1. The van der Waals surface area contributed by atoms with E-state index in [1.165, 1.54) is 24.3 Å². The fraction of sp³-hybridized carbons (Fsp3) is 0.381. The van der Waals surface area contributed by atoms with Crippen LogP contribution in [0.3, 0.4) is 0 Å². The molecule has 1 saturated heterocycles. The number of halogens is 4. The number of carbonyl (C=O) groups excluding carboxylic acids is 1. The Bertz CT molecular complexity index is 857. The minimum absolute atomic E-state index is 0.0284. The van der Waals surface area contributed by atoms with Gasteiger partial charge in [-0.15, -0.1) is 0 Å². The summed E-state index contributed by atoms with van der Waals surface area (Å²) in [6.45, 7) is 1.03. The van der Waals surface area contributed by atoms with E-state index in [1.54, 1.807) is 17.0 Å². The Morgan fingerprint density at radius 1 is 1.04 bits per heavy atom. The van der Waals surface area contributed by atoms with Crippen molar-refractivity contribution in [1.29, 1.82) is 0 Å². The fourth-order valence-corrected chi connectivity index (χ4v) is 3.74. The van der Waals surface area contributed by atoms with Crippen molar-refractivity contribution in [3.05, 3.63) is 71.0 Å². The fourth-order valence-electron chi connectivity index (χ4n) is 3.74. The molecule has 3 nitrogen and oxygen atoms in total. The first-order valence-corrected chi connectivity index (χ1v) is 9.14. The molecule has 2 aromatic carbocycles. The van der Waals surface area contributed by atoms with Gasteiger partial charge in [0.25, 0.3) is 0 Å². The Hall–Kier alpha value is -2.41. The zero-order valence-corrected chi connectivity index (χ0v) is 15.0. The summed E-state index contributed by atoms with van der Waals surface area (Å²) in [4.78, 5) is 14.9. The average molecular weight is 393 g/mol. The largest absolute Gasteiger partial charge is 0.416 e. The van der Waals surface area contributed by atoms with Gasteiger partial charge in [-0.05, 0) is 48.2 Å². The van der Waals surface area contributed by atoms with E-state index in [2.05, 4.69) is 0 Å². The normalized spacial score (nSPS) is 21.4. The zero-order chi connectivity index (χ0) is 19.9. The molecule has 7 heteroatoms. The van der Waals surface area contributed by atoms with Crippen LogP contribution in [0.25, 0.3) is 0 Å². The van der Waals surface area contributed by atoms with Crippen molar-refractivity contribution in [3.8, 4) is 0 Å². The third-order valence-electron chi connectivity index (χ3n) is 5.52. The predicted octanol–water partition coefficient (Wildman–Crippen LogP) is 4.48. The van der Waals surface area contributed by atoms with E-state index < -0.39 is 23.3 Å². The molecule has 1 atom stereocenters. The molecule has 1 aliphatic heterocycles. The van der Waals surface area contributed by atoms with Crippen LogP contribution in [0.1, 0.15) is 35.6 Å². The van der Waals surface area contributed by atoms with Crippen LogP contribution in [0.5, 0.6) is 0 Å². The SMILES string of the molecule is O=C(N1CCO[C@H](c2ccc(C(F)(F)F)cc2)C1)C1(c2ccc(F)cc2)CC1. The van der Waals surface area contributed by atoms with Crippen molar-refractivity contribution in [2.24, 2.45) is 0 Å². The molecule has 1 aliphatic carbocycles. The summed E-state index contributed by atoms with van der Waals surface area (Å²) < 4.78 is 57.1. The second-order valence-corrected chi connectivity index (χ2v) is 7.32. The first-order valence-electron chi connectivity index (χ1n) is 9.14. The Morgan fingerprint density at radius 2 is 1.68 bits per heavy atom. The van der Waals surface area contributed by atoms with Crippen molar-refractivity contribution in [2.75, 3.05) is 19.7 Å². The maximum Gasteiger partial charge on any atom is 0.416 e. The lowest BCUT2D eigenvalue weighted by Gasteiger charge is -2.35. The molecule has 0 bridgehead atoms. The summed E-state index contributed by atoms with van der Waals surface area (Å²) >= 11 is 0. The number of hydrogen-bond acceptors (Lipinski definition) is 2. The summed E-state index contributed by atoms with van der Waals surface area (Å²) in [5.41, 5.74) is 0.0808. The molecule has 0 spiro atoms. The van der Waals surface area contributed by atoms with E-state index in [9.17, 15) is 22.4 Å². The van der Waals surface area contributed by atoms with Gasteiger partial charge in [-0.3, -0.25) is 4.79 Å². The third kappa shape index (κ3) is 3.51. The van der Waals surface area contributed by atoms with Gasteiger partial charge in [0.15, 0.2) is 0 Å². The highest BCUT2D eigenvalue weighted by molar-refractivity contribution is 5.91. The third-order valence-corrected chi connectivity index (χ3v) is 5.52. The van der Waals surface area contributed by atoms with Gasteiger partial charge in [0, 0.05) is 6.54 Å². The first kappa shape index (κ1) is 18.9. The van der Waals surface area contributed by atoms with Crippen LogP contribution in [-0.4, -0.2) is 30.5 Å². The molecule has 1 heterocycles. The summed E-state index contributed by atoms with van der Waals surface area (Å²) in [6.07, 6.45) is -3.44. The van der Waals surface area contributed by atoms with Crippen LogP contribution in [0, 0.1) is 5.82 Å². The number of carbonyl (C=O) groups is 1. The number of rotatable bonds is 3. The number of alkyl halides is 3. The second-order valence-electron chi connectivity index (χ2n) is 7.32. The number of benzene rings is 2. The van der Waals surface area contributed by atoms with Crippen LogP contribution in [0.15, 0.2) is 48.5 Å². The van der Waals surface area contributed by atoms with Crippen molar-refractivity contribution in [2.45, 2.75) is 30.5 Å². The van der Waals surface area contributed by atoms with Crippen LogP contribution in [-0.2, 0) is 21.1 Å². The number of ether oxygens (including phenoxy) is 1. The van der Waals surface area contributed by atoms with E-state index in [4.69, 9.17) is 4.74 Å². The van der Waals surface area contributed by atoms with Gasteiger partial charge in [-0.1, -0.05) is 24.3 Å². The van der Waals surface area contributed by atoms with E-state index >= 15 is 0 Å². The monoisotopic (exact) mass is 393 g/mol. The van der Waals surface area contributed by atoms with Crippen molar-refractivity contribution in [1.82, 2.24) is 4.90 Å². The summed E-state index contributed by atoms with van der Waals surface area (Å²) in [6, 6.07) is 10.9. The minimum Gasteiger partial charge on any atom is -0.370 e. The van der Waals surface area contributed by atoms with E-state index in [-0.39, 0.29) is 18.3 Å². The van der Waals surface area contributed by atoms with E-state index in [0.717, 1.165) is 17.7 Å². The van der Waals surface area contributed by atoms with Crippen LogP contribution in [0.2, 0.25) is 0 Å². The lowest BCUT2D eigenvalue weighted by Crippen LogP contribution is -2.46. The smallest absolute Gasteiger partial charge is 0.370 e. The van der Waals surface area contributed by atoms with Gasteiger partial charge >= 0.3 is 6.18 Å². The van der Waals surface area contributed by atoms with Gasteiger partial charge < -0.3 is 9.64 Å². The first-order chi connectivity index (χ1) is 13.3. The molecule has 0 unspecified atom stereocenters. The van der Waals surface area contributed by atoms with Gasteiger partial charge in [-0.2, -0.15) is 13.2 Å². The number of amides is 1. The molecule has 2 aliphatic rings. The highest BCUT2D eigenvalue weighted by Gasteiger charge is 2.53. The van der Waals surface area contributed by atoms with Gasteiger partial charge in [0.05, 0.1) is 24.1 Å². The summed E-state index contributed by atoms with van der Waals surface area (Å²) in [5, 5.41) is 0. The van der Waals surface area contributed by atoms with E-state index in [1.807, 2.05) is 0 Å². The molecule has 0 radical (unpaired) electrons. The Balaban J connectivity index is 1.49. The molecule has 1 amide bonds.